The minimum Gasteiger partial charge on any atom is -0.483 e. The van der Waals surface area contributed by atoms with Gasteiger partial charge in [0.25, 0.3) is 6.47 Å². The minimum absolute atomic E-state index is 0.0504. The van der Waals surface area contributed by atoms with Crippen LogP contribution in [0.4, 0.5) is 9.59 Å². The summed E-state index contributed by atoms with van der Waals surface area (Å²) in [6, 6.07) is 31.1. The van der Waals surface area contributed by atoms with E-state index in [1.54, 1.807) is 0 Å². The van der Waals surface area contributed by atoms with E-state index in [0.29, 0.717) is 38.6 Å². The molecule has 0 aromatic heterocycles. The highest BCUT2D eigenvalue weighted by molar-refractivity contribution is 5.68. The van der Waals surface area contributed by atoms with Crippen molar-refractivity contribution in [3.8, 4) is 0 Å². The molecule has 6 fully saturated rings. The maximum atomic E-state index is 13.3. The number of hydrogen-bond acceptors (Lipinski definition) is 27. The SMILES string of the molecule is CO[C@@H]1[C@@H](O)[C@H](O[C@H]2O[C@H](CN(Cc3ccccc3)C(=O)OCc3ccccc3)CC[C@H]2N=[N+]=[N-])[C@@H](N=[N+]=[N-])C[C@H]1N=[N+]=[N-].CO[C@@H]1[C@@H](O)[C@H](O[C@H]2O[C@H](CN)CC[C@H]2N)[C@@H](N)C[C@H]1N.O=CO.[N-]=[N+]=N[C@H]1C[C@@H](N=[N+]=[N-])[C@H](O)[C@@H](O)[C@@H]1O[C@H]1O[C@H](CN(Cc2ccccc2)C(=O)OCc2ccccc2)CC[C@H]1N=[N+]=[N-]. The number of carboxylic acid groups (broad SMARTS) is 1. The molecule has 2 amide bonds. The summed E-state index contributed by atoms with van der Waals surface area (Å²) in [6.45, 7) is 1.10. The molecule has 0 unspecified atom stereocenters. The van der Waals surface area contributed by atoms with Crippen molar-refractivity contribution in [3.05, 3.63) is 206 Å². The first kappa shape index (κ1) is 88.3. The number of carbonyl (C=O) groups excluding carboxylic acids is 2. The molecule has 3 saturated heterocycles. The van der Waals surface area contributed by atoms with E-state index < -0.39 is 140 Å². The van der Waals surface area contributed by atoms with Gasteiger partial charge in [-0.2, -0.15) is 0 Å². The Morgan fingerprint density at radius 1 is 0.441 bits per heavy atom. The fourth-order valence-electron chi connectivity index (χ4n) is 13.8. The molecule has 6 aliphatic rings. The number of amides is 2. The highest BCUT2D eigenvalue weighted by Gasteiger charge is 2.50. The van der Waals surface area contributed by atoms with Gasteiger partial charge in [0.05, 0.1) is 98.1 Å². The number of rotatable bonds is 27. The van der Waals surface area contributed by atoms with E-state index >= 15 is 0 Å². The Kier molecular flexibility index (Phi) is 37.2. The molecule has 42 nitrogen and oxygen atoms in total. The standard InChI is InChI=1S/C28H34N10O6.C27H32N10O6.C13H28N4O4.CH2O2/c1-41-25-22(33-36-30)14-23(34-37-31)26(24(25)39)44-27-21(32-35-29)13-12-20(43-27)16-38(15-18-8-4-2-5-9-18)28(40)42-17-19-10-6-3-7-11-19;28-34-31-20-12-11-19(42-26(20)43-25-22(33-36-30)13-21(32-35-29)23(38)24(25)39)15-37(14-17-7-3-1-4-8-17)27(40)41-16-18-9-5-2-6-10-18;1-19-11-8(16)4-9(17)12(10(11)18)21-13-7(15)3-2-6(5-14)20-13;2-1-3/h2-11,20-27,39H,12-17H2,1H3;1-10,19-26,38-39H,11-16H2;6-13,18H,2-5,14-17H2,1H3;1H,(H,2,3)/t20-,21+,22+,23-,24+,25-,26+,27+;19-,20+,21+,22-,23-,24+,25+,26+;6-,7+,8+,9-,10+,11-,12+,13+;/m000./s1. The number of azide groups is 6. The van der Waals surface area contributed by atoms with Crippen molar-refractivity contribution in [1.82, 2.24) is 9.80 Å². The molecule has 4 aromatic rings. The number of ether oxygens (including phenoxy) is 10. The topological polar surface area (TPSA) is 648 Å². The molecule has 111 heavy (non-hydrogen) atoms. The molecule has 3 aliphatic heterocycles. The second-order valence-corrected chi connectivity index (χ2v) is 26.8. The van der Waals surface area contributed by atoms with Gasteiger partial charge in [-0.1, -0.05) is 152 Å². The van der Waals surface area contributed by atoms with Crippen LogP contribution in [0, 0.1) is 0 Å². The van der Waals surface area contributed by atoms with Crippen LogP contribution in [0.15, 0.2) is 152 Å². The third-order valence-corrected chi connectivity index (χ3v) is 19.4. The van der Waals surface area contributed by atoms with Crippen molar-refractivity contribution in [2.24, 2.45) is 53.6 Å². The van der Waals surface area contributed by atoms with Crippen LogP contribution in [-0.2, 0) is 78.5 Å². The van der Waals surface area contributed by atoms with E-state index in [2.05, 4.69) is 60.2 Å². The predicted octanol–water partition coefficient (Wildman–Crippen LogP) is 7.71. The zero-order valence-corrected chi connectivity index (χ0v) is 61.1. The van der Waals surface area contributed by atoms with E-state index in [1.807, 2.05) is 121 Å². The summed E-state index contributed by atoms with van der Waals surface area (Å²) < 4.78 is 58.1. The number of benzene rings is 4. The molecule has 10 rings (SSSR count). The number of methoxy groups -OCH3 is 2. The van der Waals surface area contributed by atoms with Gasteiger partial charge in [-0.3, -0.25) is 4.79 Å². The Bertz CT molecular complexity index is 3800. The lowest BCUT2D eigenvalue weighted by Gasteiger charge is -2.44. The summed E-state index contributed by atoms with van der Waals surface area (Å²) in [7, 11) is 2.86. The smallest absolute Gasteiger partial charge is 0.410 e. The van der Waals surface area contributed by atoms with Crippen LogP contribution < -0.4 is 22.9 Å². The van der Waals surface area contributed by atoms with Crippen molar-refractivity contribution in [3.63, 3.8) is 0 Å². The Labute approximate surface area is 637 Å². The second kappa shape index (κ2) is 46.7. The zero-order chi connectivity index (χ0) is 80.2. The maximum Gasteiger partial charge on any atom is 0.410 e. The third-order valence-electron chi connectivity index (χ3n) is 19.4. The van der Waals surface area contributed by atoms with E-state index in [-0.39, 0.29) is 76.9 Å². The highest BCUT2D eigenvalue weighted by Crippen LogP contribution is 2.36. The number of nitrogens with zero attached hydrogens (tertiary/aromatic N) is 20. The first-order valence-electron chi connectivity index (χ1n) is 35.8. The van der Waals surface area contributed by atoms with Crippen molar-refractivity contribution in [2.75, 3.05) is 33.9 Å². The fraction of sp³-hybridized carbons (Fsp3) is 0.609. The highest BCUT2D eigenvalue weighted by atomic mass is 16.7. The number of nitrogens with two attached hydrogens (primary N) is 4. The van der Waals surface area contributed by atoms with Gasteiger partial charge < -0.3 is 106 Å². The van der Waals surface area contributed by atoms with Gasteiger partial charge in [0.1, 0.15) is 43.7 Å². The first-order chi connectivity index (χ1) is 53.8. The van der Waals surface area contributed by atoms with Crippen molar-refractivity contribution in [1.29, 1.82) is 0 Å². The van der Waals surface area contributed by atoms with Crippen molar-refractivity contribution < 1.29 is 87.3 Å². The minimum atomic E-state index is -1.60. The molecule has 3 aliphatic carbocycles. The summed E-state index contributed by atoms with van der Waals surface area (Å²) in [5.74, 6) is 0. The lowest BCUT2D eigenvalue weighted by atomic mass is 9.84. The number of carbonyl (C=O) groups is 3. The average molecular weight is 1550 g/mol. The normalized spacial score (nSPS) is 31.3. The van der Waals surface area contributed by atoms with E-state index in [0.717, 1.165) is 35.1 Å². The molecule has 4 aromatic carbocycles. The van der Waals surface area contributed by atoms with Crippen LogP contribution in [0.1, 0.15) is 80.0 Å². The maximum absolute atomic E-state index is 13.3. The Hall–Kier alpha value is -9.89. The van der Waals surface area contributed by atoms with Gasteiger partial charge in [0.2, 0.25) is 0 Å². The number of aliphatic hydroxyl groups is 4. The van der Waals surface area contributed by atoms with Gasteiger partial charge in [0, 0.05) is 75.4 Å². The lowest BCUT2D eigenvalue weighted by Crippen LogP contribution is -2.64. The third kappa shape index (κ3) is 26.4. The van der Waals surface area contributed by atoms with Gasteiger partial charge in [0.15, 0.2) is 18.9 Å². The van der Waals surface area contributed by atoms with Crippen LogP contribution in [0.5, 0.6) is 0 Å². The molecular weight excluding hydrogens is 1450 g/mol. The summed E-state index contributed by atoms with van der Waals surface area (Å²) in [5.41, 5.74) is 81.5. The van der Waals surface area contributed by atoms with Crippen molar-refractivity contribution >= 4 is 18.7 Å². The van der Waals surface area contributed by atoms with E-state index in [9.17, 15) is 41.1 Å². The second-order valence-electron chi connectivity index (χ2n) is 26.8. The molecule has 13 N–H and O–H groups in total. The summed E-state index contributed by atoms with van der Waals surface area (Å²) in [6.07, 6.45) is -11.5. The fourth-order valence-corrected chi connectivity index (χ4v) is 13.8. The number of hydrogen-bond donors (Lipinski definition) is 9. The van der Waals surface area contributed by atoms with E-state index in [4.69, 9.17) is 102 Å². The van der Waals surface area contributed by atoms with Gasteiger partial charge in [-0.25, -0.2) is 9.59 Å². The van der Waals surface area contributed by atoms with Crippen LogP contribution in [0.2, 0.25) is 0 Å². The molecule has 3 saturated carbocycles. The summed E-state index contributed by atoms with van der Waals surface area (Å²) >= 11 is 0. The predicted molar refractivity (Wildman–Crippen MR) is 394 cm³/mol. The largest absolute Gasteiger partial charge is 0.483 e. The van der Waals surface area contributed by atoms with Crippen LogP contribution in [0.3, 0.4) is 0 Å². The van der Waals surface area contributed by atoms with Crippen LogP contribution >= 0.6 is 0 Å². The Balaban J connectivity index is 0.000000240. The zero-order valence-electron chi connectivity index (χ0n) is 61.1. The van der Waals surface area contributed by atoms with Crippen LogP contribution in [0.25, 0.3) is 62.7 Å². The summed E-state index contributed by atoms with van der Waals surface area (Å²) in [4.78, 5) is 54.9. The van der Waals surface area contributed by atoms with Crippen molar-refractivity contribution in [2.45, 2.75) is 231 Å². The Morgan fingerprint density at radius 2 is 0.784 bits per heavy atom. The van der Waals surface area contributed by atoms with Crippen LogP contribution in [-0.4, -0.2) is 234 Å². The molecule has 42 heteroatoms. The lowest BCUT2D eigenvalue weighted by molar-refractivity contribution is -0.255. The molecular formula is C69H96N24O18. The number of aliphatic hydroxyl groups excluding tert-OH is 4. The van der Waals surface area contributed by atoms with Gasteiger partial charge >= 0.3 is 12.2 Å². The molecule has 600 valence electrons. The quantitative estimate of drug-likeness (QED) is 0.0119. The van der Waals surface area contributed by atoms with Gasteiger partial charge in [-0.05, 0) is 113 Å². The first-order valence-corrected chi connectivity index (χ1v) is 35.8. The Morgan fingerprint density at radius 3 is 1.20 bits per heavy atom. The van der Waals surface area contributed by atoms with Gasteiger partial charge in [-0.15, -0.1) is 0 Å². The monoisotopic (exact) mass is 1550 g/mol. The summed E-state index contributed by atoms with van der Waals surface area (Å²) in [5, 5.41) is 71.9. The molecule has 3 heterocycles. The molecule has 0 radical (unpaired) electrons. The van der Waals surface area contributed by atoms with E-state index in [1.165, 1.54) is 24.0 Å². The molecule has 0 spiro atoms. The molecule has 0 bridgehead atoms. The average Bonchev–Trinajstić information content (AvgIpc) is 0.801. The molecule has 24 atom stereocenters.